The van der Waals surface area contributed by atoms with Gasteiger partial charge >= 0.3 is 5.97 Å². The lowest BCUT2D eigenvalue weighted by Crippen LogP contribution is -2.02. The Balaban J connectivity index is 2.59. The number of nitrogens with zero attached hydrogens (tertiary/aromatic N) is 1. The van der Waals surface area contributed by atoms with Gasteiger partial charge in [0.1, 0.15) is 10.8 Å². The van der Waals surface area contributed by atoms with Gasteiger partial charge in [0.2, 0.25) is 5.88 Å². The summed E-state index contributed by atoms with van der Waals surface area (Å²) in [7, 11) is 0. The van der Waals surface area contributed by atoms with Gasteiger partial charge in [0.15, 0.2) is 0 Å². The first-order chi connectivity index (χ1) is 7.58. The van der Waals surface area contributed by atoms with E-state index in [1.54, 1.807) is 18.2 Å². The Hall–Kier alpha value is -1.81. The topological polar surface area (TPSA) is 59.4 Å². The molecule has 1 heterocycles. The largest absolute Gasteiger partial charge is 0.506 e. The summed E-state index contributed by atoms with van der Waals surface area (Å²) in [5.74, 6) is -0.350. The quantitative estimate of drug-likeness (QED) is 0.775. The summed E-state index contributed by atoms with van der Waals surface area (Å²) < 4.78 is 4.83. The van der Waals surface area contributed by atoms with E-state index >= 15 is 0 Å². The van der Waals surface area contributed by atoms with Gasteiger partial charge in [-0.2, -0.15) is 0 Å². The number of aromatic nitrogens is 1. The molecule has 1 N–H and O–H groups in total. The molecule has 82 valence electrons. The molecule has 1 aromatic carbocycles. The van der Waals surface area contributed by atoms with Crippen molar-refractivity contribution in [3.8, 4) is 11.6 Å². The van der Waals surface area contributed by atoms with Crippen molar-refractivity contribution in [2.75, 3.05) is 0 Å². The molecule has 0 aliphatic rings. The second kappa shape index (κ2) is 3.98. The van der Waals surface area contributed by atoms with Crippen molar-refractivity contribution >= 4 is 28.5 Å². The van der Waals surface area contributed by atoms with E-state index in [1.807, 2.05) is 0 Å². The Morgan fingerprint density at radius 1 is 1.38 bits per heavy atom. The van der Waals surface area contributed by atoms with E-state index in [1.165, 1.54) is 13.0 Å². The highest BCUT2D eigenvalue weighted by Gasteiger charge is 2.08. The monoisotopic (exact) mass is 237 g/mol. The van der Waals surface area contributed by atoms with E-state index in [2.05, 4.69) is 4.98 Å². The molecular formula is C11H8ClNO3. The minimum absolute atomic E-state index is 0.0540. The Labute approximate surface area is 96.4 Å². The molecule has 16 heavy (non-hydrogen) atoms. The molecule has 2 rings (SSSR count). The van der Waals surface area contributed by atoms with Gasteiger partial charge in [0.25, 0.3) is 0 Å². The van der Waals surface area contributed by atoms with Crippen LogP contribution in [0.3, 0.4) is 0 Å². The smallest absolute Gasteiger partial charge is 0.309 e. The summed E-state index contributed by atoms with van der Waals surface area (Å²) in [6, 6.07) is 6.45. The second-order valence-corrected chi connectivity index (χ2v) is 3.59. The van der Waals surface area contributed by atoms with Gasteiger partial charge in [0.05, 0.1) is 5.52 Å². The van der Waals surface area contributed by atoms with Crippen molar-refractivity contribution < 1.29 is 14.6 Å². The molecule has 0 radical (unpaired) electrons. The lowest BCUT2D eigenvalue weighted by Gasteiger charge is -2.04. The van der Waals surface area contributed by atoms with E-state index in [0.717, 1.165) is 5.39 Å². The standard InChI is InChI=1S/C11H8ClNO3/c1-6(14)16-9-5-3-7-2-4-8(15)10(12)11(7)13-9/h2-5,15H,1H3. The number of phenolic OH excluding ortho intramolecular Hbond substituents is 1. The third-order valence-electron chi connectivity index (χ3n) is 2.00. The van der Waals surface area contributed by atoms with Crippen molar-refractivity contribution in [1.82, 2.24) is 4.98 Å². The number of benzene rings is 1. The van der Waals surface area contributed by atoms with Crippen LogP contribution in [-0.2, 0) is 4.79 Å². The van der Waals surface area contributed by atoms with Crippen molar-refractivity contribution in [2.24, 2.45) is 0 Å². The second-order valence-electron chi connectivity index (χ2n) is 3.21. The van der Waals surface area contributed by atoms with E-state index in [0.29, 0.717) is 5.52 Å². The molecule has 0 saturated heterocycles. The van der Waals surface area contributed by atoms with Gasteiger partial charge in [-0.25, -0.2) is 4.98 Å². The first kappa shape index (κ1) is 10.7. The minimum Gasteiger partial charge on any atom is -0.506 e. The predicted molar refractivity (Wildman–Crippen MR) is 59.7 cm³/mol. The summed E-state index contributed by atoms with van der Waals surface area (Å²) in [5.41, 5.74) is 0.403. The fraction of sp³-hybridized carbons (Fsp3) is 0.0909. The average molecular weight is 238 g/mol. The minimum atomic E-state index is -0.455. The lowest BCUT2D eigenvalue weighted by molar-refractivity contribution is -0.132. The first-order valence-electron chi connectivity index (χ1n) is 4.54. The van der Waals surface area contributed by atoms with Crippen LogP contribution >= 0.6 is 11.6 Å². The molecular weight excluding hydrogens is 230 g/mol. The number of rotatable bonds is 1. The SMILES string of the molecule is CC(=O)Oc1ccc2ccc(O)c(Cl)c2n1. The third-order valence-corrected chi connectivity index (χ3v) is 2.38. The molecule has 0 amide bonds. The number of phenols is 1. The number of hydrogen-bond donors (Lipinski definition) is 1. The highest BCUT2D eigenvalue weighted by molar-refractivity contribution is 6.36. The van der Waals surface area contributed by atoms with E-state index in [-0.39, 0.29) is 16.7 Å². The van der Waals surface area contributed by atoms with Gasteiger partial charge in [-0.3, -0.25) is 4.79 Å². The van der Waals surface area contributed by atoms with Crippen molar-refractivity contribution in [3.05, 3.63) is 29.3 Å². The van der Waals surface area contributed by atoms with Gasteiger partial charge < -0.3 is 9.84 Å². The number of pyridine rings is 1. The van der Waals surface area contributed by atoms with Gasteiger partial charge in [0, 0.05) is 18.4 Å². The maximum atomic E-state index is 10.8. The molecule has 0 aliphatic heterocycles. The Morgan fingerprint density at radius 3 is 2.75 bits per heavy atom. The molecule has 0 bridgehead atoms. The van der Waals surface area contributed by atoms with Crippen molar-refractivity contribution in [2.45, 2.75) is 6.92 Å². The number of carbonyl (C=O) groups excluding carboxylic acids is 1. The summed E-state index contributed by atoms with van der Waals surface area (Å²) in [5, 5.41) is 10.3. The number of aromatic hydroxyl groups is 1. The fourth-order valence-electron chi connectivity index (χ4n) is 1.33. The fourth-order valence-corrected chi connectivity index (χ4v) is 1.54. The van der Waals surface area contributed by atoms with Gasteiger partial charge in [-0.1, -0.05) is 11.6 Å². The molecule has 2 aromatic rings. The average Bonchev–Trinajstić information content (AvgIpc) is 2.23. The zero-order valence-corrected chi connectivity index (χ0v) is 9.15. The Kier molecular flexibility index (Phi) is 2.66. The predicted octanol–water partition coefficient (Wildman–Crippen LogP) is 2.52. The number of ether oxygens (including phenoxy) is 1. The number of carbonyl (C=O) groups is 1. The number of hydrogen-bond acceptors (Lipinski definition) is 4. The maximum absolute atomic E-state index is 10.8. The van der Waals surface area contributed by atoms with Crippen LogP contribution in [0.2, 0.25) is 5.02 Å². The van der Waals surface area contributed by atoms with Crippen LogP contribution in [0.1, 0.15) is 6.92 Å². The Bertz CT molecular complexity index is 568. The number of halogens is 1. The zero-order valence-electron chi connectivity index (χ0n) is 8.40. The van der Waals surface area contributed by atoms with Crippen LogP contribution in [0.5, 0.6) is 11.6 Å². The molecule has 4 nitrogen and oxygen atoms in total. The third kappa shape index (κ3) is 1.92. The highest BCUT2D eigenvalue weighted by Crippen LogP contribution is 2.31. The molecule has 0 fully saturated rings. The van der Waals surface area contributed by atoms with E-state index in [9.17, 15) is 9.90 Å². The van der Waals surface area contributed by atoms with Crippen LogP contribution in [-0.4, -0.2) is 16.1 Å². The molecule has 0 saturated carbocycles. The maximum Gasteiger partial charge on any atom is 0.309 e. The van der Waals surface area contributed by atoms with E-state index in [4.69, 9.17) is 16.3 Å². The van der Waals surface area contributed by atoms with Crippen LogP contribution in [0.25, 0.3) is 10.9 Å². The summed E-state index contributed by atoms with van der Waals surface area (Å²) in [6.45, 7) is 1.29. The first-order valence-corrected chi connectivity index (χ1v) is 4.92. The van der Waals surface area contributed by atoms with Crippen LogP contribution in [0.15, 0.2) is 24.3 Å². The molecule has 1 aromatic heterocycles. The lowest BCUT2D eigenvalue weighted by atomic mass is 10.2. The van der Waals surface area contributed by atoms with Crippen molar-refractivity contribution in [3.63, 3.8) is 0 Å². The van der Waals surface area contributed by atoms with E-state index < -0.39 is 5.97 Å². The van der Waals surface area contributed by atoms with Crippen LogP contribution in [0.4, 0.5) is 0 Å². The van der Waals surface area contributed by atoms with Crippen LogP contribution < -0.4 is 4.74 Å². The summed E-state index contributed by atoms with van der Waals surface area (Å²) >= 11 is 5.88. The summed E-state index contributed by atoms with van der Waals surface area (Å²) in [6.07, 6.45) is 0. The van der Waals surface area contributed by atoms with Crippen molar-refractivity contribution in [1.29, 1.82) is 0 Å². The van der Waals surface area contributed by atoms with Gasteiger partial charge in [-0.05, 0) is 18.2 Å². The molecule has 5 heteroatoms. The normalized spacial score (nSPS) is 10.4. The Morgan fingerprint density at radius 2 is 2.06 bits per heavy atom. The molecule has 0 atom stereocenters. The van der Waals surface area contributed by atoms with Gasteiger partial charge in [-0.15, -0.1) is 0 Å². The highest BCUT2D eigenvalue weighted by atomic mass is 35.5. The zero-order chi connectivity index (χ0) is 11.7. The molecule has 0 aliphatic carbocycles. The molecule has 0 unspecified atom stereocenters. The number of esters is 1. The summed E-state index contributed by atoms with van der Waals surface area (Å²) in [4.78, 5) is 14.8. The number of fused-ring (bicyclic) bond motifs is 1. The van der Waals surface area contributed by atoms with Crippen LogP contribution in [0, 0.1) is 0 Å². The molecule has 0 spiro atoms.